The number of nitrogens with zero attached hydrogens (tertiary/aromatic N) is 2. The van der Waals surface area contributed by atoms with Gasteiger partial charge in [0.05, 0.1) is 17.0 Å². The Morgan fingerprint density at radius 2 is 1.88 bits per heavy atom. The van der Waals surface area contributed by atoms with Gasteiger partial charge in [-0.25, -0.2) is 0 Å². The van der Waals surface area contributed by atoms with E-state index in [0.29, 0.717) is 17.6 Å². The Bertz CT molecular complexity index is 999. The number of aliphatic carboxylic acids is 1. The first-order valence-electron chi connectivity index (χ1n) is 8.35. The molecule has 3 aromatic rings. The van der Waals surface area contributed by atoms with Gasteiger partial charge in [0.15, 0.2) is 0 Å². The predicted octanol–water partition coefficient (Wildman–Crippen LogP) is 3.18. The highest BCUT2D eigenvalue weighted by Crippen LogP contribution is 2.30. The summed E-state index contributed by atoms with van der Waals surface area (Å²) in [5.41, 5.74) is 1.20. The zero-order valence-corrected chi connectivity index (χ0v) is 13.8. The Morgan fingerprint density at radius 1 is 1.12 bits per heavy atom. The van der Waals surface area contributed by atoms with Crippen molar-refractivity contribution in [2.24, 2.45) is 11.8 Å². The van der Waals surface area contributed by atoms with E-state index in [4.69, 9.17) is 0 Å². The molecule has 0 aliphatic carbocycles. The third kappa shape index (κ3) is 2.52. The molecule has 2 atom stereocenters. The average Bonchev–Trinajstić information content (AvgIpc) is 3.02. The molecule has 5 nitrogen and oxygen atoms in total. The van der Waals surface area contributed by atoms with E-state index < -0.39 is 11.9 Å². The molecule has 25 heavy (non-hydrogen) atoms. The highest BCUT2D eigenvalue weighted by Gasteiger charge is 2.37. The van der Waals surface area contributed by atoms with Crippen molar-refractivity contribution in [1.82, 2.24) is 9.88 Å². The molecule has 0 bridgehead atoms. The predicted molar refractivity (Wildman–Crippen MR) is 95.4 cm³/mol. The molecule has 0 radical (unpaired) electrons. The van der Waals surface area contributed by atoms with Gasteiger partial charge in [-0.15, -0.1) is 0 Å². The van der Waals surface area contributed by atoms with Crippen molar-refractivity contribution in [3.05, 3.63) is 54.2 Å². The Morgan fingerprint density at radius 3 is 2.64 bits per heavy atom. The van der Waals surface area contributed by atoms with E-state index in [0.717, 1.165) is 16.2 Å². The number of carboxylic acids is 1. The van der Waals surface area contributed by atoms with E-state index in [-0.39, 0.29) is 18.4 Å². The lowest BCUT2D eigenvalue weighted by Gasteiger charge is -2.18. The summed E-state index contributed by atoms with van der Waals surface area (Å²) < 4.78 is 0. The molecule has 126 valence electrons. The summed E-state index contributed by atoms with van der Waals surface area (Å²) in [7, 11) is 0. The molecule has 1 saturated heterocycles. The average molecular weight is 334 g/mol. The minimum absolute atomic E-state index is 0.0545. The molecule has 5 heteroatoms. The van der Waals surface area contributed by atoms with Crippen molar-refractivity contribution in [2.75, 3.05) is 13.1 Å². The fourth-order valence-corrected chi connectivity index (χ4v) is 3.72. The lowest BCUT2D eigenvalue weighted by Crippen LogP contribution is -2.30. The van der Waals surface area contributed by atoms with E-state index in [2.05, 4.69) is 4.98 Å². The van der Waals surface area contributed by atoms with Crippen LogP contribution in [0.3, 0.4) is 0 Å². The van der Waals surface area contributed by atoms with Crippen LogP contribution in [0, 0.1) is 11.8 Å². The van der Waals surface area contributed by atoms with Gasteiger partial charge in [0, 0.05) is 24.7 Å². The standard InChI is InChI=1S/C20H18N2O3/c1-12-10-22(11-17(12)20(24)25)19(23)16-9-13-5-2-3-6-14(13)15-7-4-8-21-18(15)16/h2-9,12,17H,10-11H2,1H3,(H,24,25)/t12-,17-/m1/s1. The molecular weight excluding hydrogens is 316 g/mol. The first-order chi connectivity index (χ1) is 12.1. The second kappa shape index (κ2) is 5.84. The second-order valence-electron chi connectivity index (χ2n) is 6.68. The van der Waals surface area contributed by atoms with E-state index in [9.17, 15) is 14.7 Å². The number of carbonyl (C=O) groups is 2. The summed E-state index contributed by atoms with van der Waals surface area (Å²) in [5, 5.41) is 12.3. The molecule has 1 fully saturated rings. The number of pyridine rings is 1. The fourth-order valence-electron chi connectivity index (χ4n) is 3.72. The zero-order chi connectivity index (χ0) is 17.6. The minimum Gasteiger partial charge on any atom is -0.481 e. The highest BCUT2D eigenvalue weighted by molar-refractivity contribution is 6.15. The van der Waals surface area contributed by atoms with Gasteiger partial charge >= 0.3 is 5.97 Å². The Labute approximate surface area is 144 Å². The van der Waals surface area contributed by atoms with Crippen molar-refractivity contribution in [3.63, 3.8) is 0 Å². The number of benzene rings is 2. The van der Waals surface area contributed by atoms with Gasteiger partial charge in [0.2, 0.25) is 0 Å². The number of aromatic nitrogens is 1. The van der Waals surface area contributed by atoms with Crippen LogP contribution in [0.4, 0.5) is 0 Å². The number of amides is 1. The minimum atomic E-state index is -0.843. The summed E-state index contributed by atoms with van der Waals surface area (Å²) in [6.07, 6.45) is 1.68. The Hall–Kier alpha value is -2.95. The first kappa shape index (κ1) is 15.6. The SMILES string of the molecule is C[C@@H]1CN(C(=O)c2cc3ccccc3c3cccnc23)C[C@H]1C(=O)O. The van der Waals surface area contributed by atoms with Gasteiger partial charge in [-0.3, -0.25) is 14.6 Å². The fraction of sp³-hybridized carbons (Fsp3) is 0.250. The molecule has 0 saturated carbocycles. The van der Waals surface area contributed by atoms with Crippen molar-refractivity contribution in [2.45, 2.75) is 6.92 Å². The molecule has 1 aliphatic heterocycles. The number of hydrogen-bond acceptors (Lipinski definition) is 3. The van der Waals surface area contributed by atoms with E-state index >= 15 is 0 Å². The van der Waals surface area contributed by atoms with Gasteiger partial charge in [0.1, 0.15) is 0 Å². The van der Waals surface area contributed by atoms with Crippen LogP contribution in [-0.2, 0) is 4.79 Å². The van der Waals surface area contributed by atoms with Crippen LogP contribution in [0.25, 0.3) is 21.7 Å². The molecule has 1 amide bonds. The van der Waals surface area contributed by atoms with Crippen LogP contribution in [0.1, 0.15) is 17.3 Å². The third-order valence-corrected chi connectivity index (χ3v) is 5.06. The zero-order valence-electron chi connectivity index (χ0n) is 13.8. The van der Waals surface area contributed by atoms with Crippen LogP contribution in [0.15, 0.2) is 48.7 Å². The van der Waals surface area contributed by atoms with Gasteiger partial charge in [-0.1, -0.05) is 37.3 Å². The number of likely N-dealkylation sites (tertiary alicyclic amines) is 1. The molecule has 0 unspecified atom stereocenters. The molecular formula is C20H18N2O3. The third-order valence-electron chi connectivity index (χ3n) is 5.06. The quantitative estimate of drug-likeness (QED) is 0.731. The number of rotatable bonds is 2. The van der Waals surface area contributed by atoms with Gasteiger partial charge < -0.3 is 10.0 Å². The first-order valence-corrected chi connectivity index (χ1v) is 8.35. The summed E-state index contributed by atoms with van der Waals surface area (Å²) in [6.45, 7) is 2.58. The van der Waals surface area contributed by atoms with Crippen molar-refractivity contribution < 1.29 is 14.7 Å². The number of hydrogen-bond donors (Lipinski definition) is 1. The largest absolute Gasteiger partial charge is 0.481 e. The molecule has 1 N–H and O–H groups in total. The molecule has 0 spiro atoms. The Kier molecular flexibility index (Phi) is 3.64. The number of fused-ring (bicyclic) bond motifs is 3. The monoisotopic (exact) mass is 334 g/mol. The maximum atomic E-state index is 13.1. The van der Waals surface area contributed by atoms with Crippen LogP contribution < -0.4 is 0 Å². The van der Waals surface area contributed by atoms with Crippen LogP contribution in [0.5, 0.6) is 0 Å². The van der Waals surface area contributed by atoms with Crippen LogP contribution in [0.2, 0.25) is 0 Å². The maximum absolute atomic E-state index is 13.1. The Balaban J connectivity index is 1.83. The van der Waals surface area contributed by atoms with Gasteiger partial charge in [0.25, 0.3) is 5.91 Å². The summed E-state index contributed by atoms with van der Waals surface area (Å²) in [5.74, 6) is -1.56. The number of carbonyl (C=O) groups excluding carboxylic acids is 1. The van der Waals surface area contributed by atoms with Crippen LogP contribution in [-0.4, -0.2) is 40.0 Å². The van der Waals surface area contributed by atoms with Gasteiger partial charge in [-0.05, 0) is 28.8 Å². The summed E-state index contributed by atoms with van der Waals surface area (Å²) >= 11 is 0. The van der Waals surface area contributed by atoms with Crippen molar-refractivity contribution in [1.29, 1.82) is 0 Å². The summed E-state index contributed by atoms with van der Waals surface area (Å²) in [6, 6.07) is 13.6. The smallest absolute Gasteiger partial charge is 0.308 e. The topological polar surface area (TPSA) is 70.5 Å². The van der Waals surface area contributed by atoms with E-state index in [1.54, 1.807) is 11.1 Å². The summed E-state index contributed by atoms with van der Waals surface area (Å²) in [4.78, 5) is 30.5. The normalized spacial score (nSPS) is 20.3. The number of carboxylic acid groups (broad SMARTS) is 1. The molecule has 4 rings (SSSR count). The van der Waals surface area contributed by atoms with E-state index in [1.807, 2.05) is 49.4 Å². The van der Waals surface area contributed by atoms with Gasteiger partial charge in [-0.2, -0.15) is 0 Å². The highest BCUT2D eigenvalue weighted by atomic mass is 16.4. The molecule has 1 aliphatic rings. The van der Waals surface area contributed by atoms with Crippen LogP contribution >= 0.6 is 0 Å². The maximum Gasteiger partial charge on any atom is 0.308 e. The van der Waals surface area contributed by atoms with Crippen molar-refractivity contribution >= 4 is 33.6 Å². The second-order valence-corrected chi connectivity index (χ2v) is 6.68. The lowest BCUT2D eigenvalue weighted by molar-refractivity contribution is -0.142. The molecule has 1 aromatic heterocycles. The van der Waals surface area contributed by atoms with Crippen molar-refractivity contribution in [3.8, 4) is 0 Å². The molecule has 2 heterocycles. The molecule has 2 aromatic carbocycles. The van der Waals surface area contributed by atoms with E-state index in [1.165, 1.54) is 0 Å². The lowest BCUT2D eigenvalue weighted by atomic mass is 9.99.